The van der Waals surface area contributed by atoms with E-state index in [1.165, 1.54) is 0 Å². The molecule has 0 radical (unpaired) electrons. The van der Waals surface area contributed by atoms with Crippen LogP contribution < -0.4 is 15.4 Å². The van der Waals surface area contributed by atoms with Crippen molar-refractivity contribution in [3.63, 3.8) is 0 Å². The molecule has 4 rings (SSSR count). The number of aromatic nitrogens is 2. The Morgan fingerprint density at radius 3 is 2.62 bits per heavy atom. The van der Waals surface area contributed by atoms with E-state index in [2.05, 4.69) is 20.8 Å². The quantitative estimate of drug-likeness (QED) is 0.555. The molecule has 2 amide bonds. The van der Waals surface area contributed by atoms with Crippen LogP contribution in [0.5, 0.6) is 5.75 Å². The van der Waals surface area contributed by atoms with E-state index in [0.29, 0.717) is 29.6 Å². The van der Waals surface area contributed by atoms with Crippen molar-refractivity contribution >= 4 is 17.5 Å². The van der Waals surface area contributed by atoms with E-state index < -0.39 is 0 Å². The minimum absolute atomic E-state index is 0.0838. The maximum atomic E-state index is 12.5. The molecule has 0 unspecified atom stereocenters. The molecule has 3 aromatic rings. The Morgan fingerprint density at radius 1 is 1.12 bits per heavy atom. The first-order chi connectivity index (χ1) is 15.6. The molecule has 166 valence electrons. The van der Waals surface area contributed by atoms with Crippen molar-refractivity contribution in [1.82, 2.24) is 15.5 Å². The lowest BCUT2D eigenvalue weighted by molar-refractivity contribution is -0.119. The fourth-order valence-corrected chi connectivity index (χ4v) is 3.73. The fraction of sp³-hybridized carbons (Fsp3) is 0.333. The van der Waals surface area contributed by atoms with Crippen LogP contribution in [0.15, 0.2) is 53.1 Å². The summed E-state index contributed by atoms with van der Waals surface area (Å²) in [6.07, 6.45) is 4.16. The van der Waals surface area contributed by atoms with Gasteiger partial charge in [-0.25, -0.2) is 0 Å². The summed E-state index contributed by atoms with van der Waals surface area (Å²) >= 11 is 0. The Balaban J connectivity index is 1.27. The maximum Gasteiger partial charge on any atom is 0.251 e. The van der Waals surface area contributed by atoms with Crippen molar-refractivity contribution in [3.05, 3.63) is 71.4 Å². The molecule has 1 aliphatic rings. The van der Waals surface area contributed by atoms with Crippen LogP contribution in [-0.2, 0) is 17.9 Å². The molecule has 8 heteroatoms. The summed E-state index contributed by atoms with van der Waals surface area (Å²) in [6, 6.07) is 14.4. The van der Waals surface area contributed by atoms with Gasteiger partial charge in [-0.3, -0.25) is 9.59 Å². The number of nitrogens with zero attached hydrogens (tertiary/aromatic N) is 2. The number of hydrogen-bond donors (Lipinski definition) is 2. The Labute approximate surface area is 186 Å². The Kier molecular flexibility index (Phi) is 6.79. The van der Waals surface area contributed by atoms with Gasteiger partial charge in [0.2, 0.25) is 17.6 Å². The van der Waals surface area contributed by atoms with Crippen molar-refractivity contribution in [2.24, 2.45) is 5.92 Å². The highest BCUT2D eigenvalue weighted by molar-refractivity contribution is 5.94. The fourth-order valence-electron chi connectivity index (χ4n) is 3.73. The van der Waals surface area contributed by atoms with Crippen LogP contribution in [0.1, 0.15) is 53.3 Å². The van der Waals surface area contributed by atoms with E-state index in [0.717, 1.165) is 36.9 Å². The average molecular weight is 434 g/mol. The van der Waals surface area contributed by atoms with Crippen LogP contribution in [-0.4, -0.2) is 22.0 Å². The smallest absolute Gasteiger partial charge is 0.251 e. The first-order valence-corrected chi connectivity index (χ1v) is 10.8. The molecular weight excluding hydrogens is 408 g/mol. The van der Waals surface area contributed by atoms with E-state index >= 15 is 0 Å². The van der Waals surface area contributed by atoms with E-state index in [1.807, 2.05) is 24.3 Å². The summed E-state index contributed by atoms with van der Waals surface area (Å²) in [4.78, 5) is 28.9. The van der Waals surface area contributed by atoms with E-state index in [4.69, 9.17) is 9.26 Å². The standard InChI is InChI=1S/C24H26N4O4/c1-16-26-22(28-32-16)15-31-21-11-9-19(10-12-21)23(29)25-14-17-5-4-8-20(13-17)27-24(30)18-6-2-3-7-18/h4-5,8-13,18H,2-3,6-7,14-15H2,1H3,(H,25,29)(H,27,30). The highest BCUT2D eigenvalue weighted by Gasteiger charge is 2.22. The number of carbonyl (C=O) groups is 2. The topological polar surface area (TPSA) is 106 Å². The van der Waals surface area contributed by atoms with Crippen LogP contribution in [0.4, 0.5) is 5.69 Å². The molecule has 0 atom stereocenters. The summed E-state index contributed by atoms with van der Waals surface area (Å²) < 4.78 is 10.5. The Hall–Kier alpha value is -3.68. The largest absolute Gasteiger partial charge is 0.485 e. The van der Waals surface area contributed by atoms with E-state index in [-0.39, 0.29) is 24.3 Å². The van der Waals surface area contributed by atoms with Gasteiger partial charge in [0, 0.05) is 30.6 Å². The van der Waals surface area contributed by atoms with Crippen molar-refractivity contribution in [1.29, 1.82) is 0 Å². The van der Waals surface area contributed by atoms with Crippen molar-refractivity contribution in [3.8, 4) is 5.75 Å². The molecule has 0 aliphatic heterocycles. The number of carbonyl (C=O) groups excluding carboxylic acids is 2. The highest BCUT2D eigenvalue weighted by Crippen LogP contribution is 2.26. The molecule has 32 heavy (non-hydrogen) atoms. The second-order valence-electron chi connectivity index (χ2n) is 7.90. The molecular formula is C24H26N4O4. The predicted molar refractivity (Wildman–Crippen MR) is 118 cm³/mol. The summed E-state index contributed by atoms with van der Waals surface area (Å²) in [5, 5.41) is 9.67. The van der Waals surface area contributed by atoms with Crippen LogP contribution in [0.2, 0.25) is 0 Å². The number of nitrogens with one attached hydrogen (secondary N) is 2. The van der Waals surface area contributed by atoms with Gasteiger partial charge >= 0.3 is 0 Å². The number of aryl methyl sites for hydroxylation is 1. The zero-order valence-corrected chi connectivity index (χ0v) is 18.0. The third-order valence-electron chi connectivity index (χ3n) is 5.43. The molecule has 1 saturated carbocycles. The number of hydrogen-bond acceptors (Lipinski definition) is 6. The normalized spacial score (nSPS) is 13.7. The monoisotopic (exact) mass is 434 g/mol. The van der Waals surface area contributed by atoms with Gasteiger partial charge in [-0.1, -0.05) is 30.1 Å². The minimum atomic E-state index is -0.189. The lowest BCUT2D eigenvalue weighted by Gasteiger charge is -2.12. The van der Waals surface area contributed by atoms with E-state index in [1.54, 1.807) is 31.2 Å². The number of anilines is 1. The molecule has 0 saturated heterocycles. The third-order valence-corrected chi connectivity index (χ3v) is 5.43. The molecule has 8 nitrogen and oxygen atoms in total. The van der Waals surface area contributed by atoms with Crippen LogP contribution >= 0.6 is 0 Å². The molecule has 1 aliphatic carbocycles. The SMILES string of the molecule is Cc1nc(COc2ccc(C(=O)NCc3cccc(NC(=O)C4CCCC4)c3)cc2)no1. The number of amides is 2. The Bertz CT molecular complexity index is 1070. The van der Waals surface area contributed by atoms with Gasteiger partial charge in [0.25, 0.3) is 5.91 Å². The second-order valence-corrected chi connectivity index (χ2v) is 7.90. The zero-order chi connectivity index (χ0) is 22.3. The third kappa shape index (κ3) is 5.72. The van der Waals surface area contributed by atoms with Gasteiger partial charge in [0.05, 0.1) is 0 Å². The van der Waals surface area contributed by atoms with Gasteiger partial charge in [0.15, 0.2) is 6.61 Å². The molecule has 0 bridgehead atoms. The first kappa shape index (κ1) is 21.5. The lowest BCUT2D eigenvalue weighted by Crippen LogP contribution is -2.23. The van der Waals surface area contributed by atoms with Gasteiger partial charge < -0.3 is 19.9 Å². The molecule has 0 spiro atoms. The van der Waals surface area contributed by atoms with Crippen LogP contribution in [0, 0.1) is 12.8 Å². The average Bonchev–Trinajstić information content (AvgIpc) is 3.49. The van der Waals surface area contributed by atoms with Crippen molar-refractivity contribution < 1.29 is 18.8 Å². The van der Waals surface area contributed by atoms with Gasteiger partial charge in [-0.2, -0.15) is 4.98 Å². The summed E-state index contributed by atoms with van der Waals surface area (Å²) in [5.41, 5.74) is 2.20. The minimum Gasteiger partial charge on any atom is -0.485 e. The molecule has 1 heterocycles. The zero-order valence-electron chi connectivity index (χ0n) is 18.0. The summed E-state index contributed by atoms with van der Waals surface area (Å²) in [7, 11) is 0. The second kappa shape index (κ2) is 10.1. The molecule has 2 N–H and O–H groups in total. The van der Waals surface area contributed by atoms with Crippen LogP contribution in [0.3, 0.4) is 0 Å². The summed E-state index contributed by atoms with van der Waals surface area (Å²) in [5.74, 6) is 1.56. The molecule has 1 fully saturated rings. The first-order valence-electron chi connectivity index (χ1n) is 10.8. The van der Waals surface area contributed by atoms with Gasteiger partial charge in [-0.15, -0.1) is 0 Å². The van der Waals surface area contributed by atoms with Gasteiger partial charge in [-0.05, 0) is 54.8 Å². The lowest BCUT2D eigenvalue weighted by atomic mass is 10.1. The Morgan fingerprint density at radius 2 is 1.91 bits per heavy atom. The van der Waals surface area contributed by atoms with E-state index in [9.17, 15) is 9.59 Å². The van der Waals surface area contributed by atoms with Crippen molar-refractivity contribution in [2.45, 2.75) is 45.8 Å². The van der Waals surface area contributed by atoms with Crippen LogP contribution in [0.25, 0.3) is 0 Å². The number of benzene rings is 2. The highest BCUT2D eigenvalue weighted by atomic mass is 16.5. The van der Waals surface area contributed by atoms with Crippen molar-refractivity contribution in [2.75, 3.05) is 5.32 Å². The maximum absolute atomic E-state index is 12.5. The summed E-state index contributed by atoms with van der Waals surface area (Å²) in [6.45, 7) is 2.27. The predicted octanol–water partition coefficient (Wildman–Crippen LogP) is 4.02. The van der Waals surface area contributed by atoms with Gasteiger partial charge in [0.1, 0.15) is 5.75 Å². The number of rotatable bonds is 8. The molecule has 2 aromatic carbocycles. The number of ether oxygens (including phenoxy) is 1. The molecule has 1 aromatic heterocycles.